The van der Waals surface area contributed by atoms with E-state index in [2.05, 4.69) is 16.6 Å². The summed E-state index contributed by atoms with van der Waals surface area (Å²) in [5, 5.41) is 5.04. The van der Waals surface area contributed by atoms with Gasteiger partial charge in [0.2, 0.25) is 5.91 Å². The summed E-state index contributed by atoms with van der Waals surface area (Å²) >= 11 is 0. The van der Waals surface area contributed by atoms with Gasteiger partial charge in [0.15, 0.2) is 0 Å². The van der Waals surface area contributed by atoms with Crippen LogP contribution in [0.15, 0.2) is 30.3 Å². The molecule has 0 radical (unpaired) electrons. The van der Waals surface area contributed by atoms with Crippen LogP contribution < -0.4 is 10.6 Å². The minimum absolute atomic E-state index is 0.0540. The molecule has 2 rings (SSSR count). The molecule has 1 aliphatic rings. The Hall–Kier alpha value is -2.81. The van der Waals surface area contributed by atoms with Gasteiger partial charge in [-0.25, -0.2) is 4.79 Å². The van der Waals surface area contributed by atoms with Gasteiger partial charge in [0.05, 0.1) is 6.54 Å². The number of benzene rings is 1. The lowest BCUT2D eigenvalue weighted by molar-refractivity contribution is -0.134. The zero-order valence-electron chi connectivity index (χ0n) is 11.6. The van der Waals surface area contributed by atoms with E-state index in [1.54, 1.807) is 31.2 Å². The summed E-state index contributed by atoms with van der Waals surface area (Å²) in [5.74, 6) is 1.31. The zero-order chi connectivity index (χ0) is 15.5. The van der Waals surface area contributed by atoms with Gasteiger partial charge in [-0.2, -0.15) is 0 Å². The van der Waals surface area contributed by atoms with E-state index < -0.39 is 23.4 Å². The number of nitrogens with zero attached hydrogens (tertiary/aromatic N) is 1. The maximum atomic E-state index is 12.5. The van der Waals surface area contributed by atoms with Crippen LogP contribution in [0.25, 0.3) is 0 Å². The lowest BCUT2D eigenvalue weighted by Crippen LogP contribution is -2.43. The van der Waals surface area contributed by atoms with Gasteiger partial charge in [0.1, 0.15) is 12.1 Å². The Morgan fingerprint density at radius 1 is 1.38 bits per heavy atom. The third kappa shape index (κ3) is 2.72. The van der Waals surface area contributed by atoms with E-state index in [0.29, 0.717) is 5.56 Å². The van der Waals surface area contributed by atoms with Gasteiger partial charge in [0, 0.05) is 0 Å². The number of carbonyl (C=O) groups is 3. The fraction of sp³-hybridized carbons (Fsp3) is 0.267. The van der Waals surface area contributed by atoms with Crippen LogP contribution in [0, 0.1) is 12.3 Å². The van der Waals surface area contributed by atoms with Gasteiger partial charge >= 0.3 is 6.03 Å². The molecule has 0 aliphatic carbocycles. The van der Waals surface area contributed by atoms with Crippen molar-refractivity contribution in [2.45, 2.75) is 12.5 Å². The predicted octanol–water partition coefficient (Wildman–Crippen LogP) is 0.203. The topological polar surface area (TPSA) is 78.5 Å². The van der Waals surface area contributed by atoms with Crippen LogP contribution in [-0.2, 0) is 15.1 Å². The summed E-state index contributed by atoms with van der Waals surface area (Å²) < 4.78 is 0. The van der Waals surface area contributed by atoms with Crippen molar-refractivity contribution in [1.82, 2.24) is 15.5 Å². The quantitative estimate of drug-likeness (QED) is 0.613. The van der Waals surface area contributed by atoms with Crippen LogP contribution in [0.5, 0.6) is 0 Å². The van der Waals surface area contributed by atoms with Crippen molar-refractivity contribution in [3.8, 4) is 12.3 Å². The molecule has 0 saturated carbocycles. The predicted molar refractivity (Wildman–Crippen MR) is 75.9 cm³/mol. The smallest absolute Gasteiger partial charge is 0.325 e. The number of hydrogen-bond donors (Lipinski definition) is 2. The minimum Gasteiger partial charge on any atom is -0.344 e. The third-order valence-corrected chi connectivity index (χ3v) is 3.32. The first-order valence-electron chi connectivity index (χ1n) is 6.39. The van der Waals surface area contributed by atoms with Crippen LogP contribution in [0.1, 0.15) is 12.5 Å². The molecule has 1 aliphatic heterocycles. The SMILES string of the molecule is C#CCNC(=O)CN1C(=O)NC(C)(c2ccccc2)C1=O. The third-order valence-electron chi connectivity index (χ3n) is 3.32. The van der Waals surface area contributed by atoms with E-state index in [0.717, 1.165) is 4.90 Å². The van der Waals surface area contributed by atoms with Crippen LogP contribution >= 0.6 is 0 Å². The molecule has 108 valence electrons. The Bertz CT molecular complexity index is 621. The van der Waals surface area contributed by atoms with Crippen molar-refractivity contribution in [2.24, 2.45) is 0 Å². The monoisotopic (exact) mass is 285 g/mol. The first-order chi connectivity index (χ1) is 9.99. The maximum Gasteiger partial charge on any atom is 0.325 e. The Balaban J connectivity index is 2.17. The average molecular weight is 285 g/mol. The molecule has 1 fully saturated rings. The normalized spacial score (nSPS) is 20.9. The van der Waals surface area contributed by atoms with E-state index in [1.165, 1.54) is 0 Å². The number of imide groups is 1. The molecule has 0 bridgehead atoms. The molecule has 1 aromatic carbocycles. The molecular formula is C15H15N3O3. The van der Waals surface area contributed by atoms with Crippen LogP contribution in [-0.4, -0.2) is 35.8 Å². The van der Waals surface area contributed by atoms with Crippen molar-refractivity contribution >= 4 is 17.8 Å². The second-order valence-electron chi connectivity index (χ2n) is 4.79. The van der Waals surface area contributed by atoms with Gasteiger partial charge < -0.3 is 10.6 Å². The van der Waals surface area contributed by atoms with Crippen LogP contribution in [0.2, 0.25) is 0 Å². The average Bonchev–Trinajstić information content (AvgIpc) is 2.70. The molecule has 0 spiro atoms. The number of terminal acetylenes is 1. The molecule has 1 heterocycles. The molecule has 1 atom stereocenters. The van der Waals surface area contributed by atoms with Gasteiger partial charge in [-0.05, 0) is 12.5 Å². The van der Waals surface area contributed by atoms with Crippen molar-refractivity contribution < 1.29 is 14.4 Å². The Morgan fingerprint density at radius 3 is 2.67 bits per heavy atom. The van der Waals surface area contributed by atoms with Crippen molar-refractivity contribution in [1.29, 1.82) is 0 Å². The molecule has 6 nitrogen and oxygen atoms in total. The van der Waals surface area contributed by atoms with Crippen molar-refractivity contribution in [3.63, 3.8) is 0 Å². The highest BCUT2D eigenvalue weighted by atomic mass is 16.2. The number of amides is 4. The largest absolute Gasteiger partial charge is 0.344 e. The Kier molecular flexibility index (Phi) is 3.94. The highest BCUT2D eigenvalue weighted by Gasteiger charge is 2.49. The first kappa shape index (κ1) is 14.6. The molecule has 2 N–H and O–H groups in total. The summed E-state index contributed by atoms with van der Waals surface area (Å²) in [7, 11) is 0. The highest BCUT2D eigenvalue weighted by Crippen LogP contribution is 2.28. The summed E-state index contributed by atoms with van der Waals surface area (Å²) in [4.78, 5) is 36.9. The lowest BCUT2D eigenvalue weighted by Gasteiger charge is -2.22. The number of urea groups is 1. The number of carbonyl (C=O) groups excluding carboxylic acids is 3. The fourth-order valence-corrected chi connectivity index (χ4v) is 2.16. The van der Waals surface area contributed by atoms with E-state index in [4.69, 9.17) is 6.42 Å². The summed E-state index contributed by atoms with van der Waals surface area (Å²) in [5.41, 5.74) is -0.500. The fourth-order valence-electron chi connectivity index (χ4n) is 2.16. The van der Waals surface area contributed by atoms with E-state index in [-0.39, 0.29) is 13.1 Å². The van der Waals surface area contributed by atoms with E-state index in [9.17, 15) is 14.4 Å². The van der Waals surface area contributed by atoms with E-state index in [1.807, 2.05) is 6.07 Å². The molecule has 4 amide bonds. The van der Waals surface area contributed by atoms with Gasteiger partial charge in [-0.1, -0.05) is 36.3 Å². The van der Waals surface area contributed by atoms with Gasteiger partial charge in [-0.15, -0.1) is 6.42 Å². The Labute approximate surface area is 122 Å². The molecule has 0 aromatic heterocycles. The molecule has 21 heavy (non-hydrogen) atoms. The zero-order valence-corrected chi connectivity index (χ0v) is 11.6. The highest BCUT2D eigenvalue weighted by molar-refractivity contribution is 6.09. The van der Waals surface area contributed by atoms with Crippen LogP contribution in [0.3, 0.4) is 0 Å². The van der Waals surface area contributed by atoms with Crippen molar-refractivity contribution in [2.75, 3.05) is 13.1 Å². The van der Waals surface area contributed by atoms with Gasteiger partial charge in [-0.3, -0.25) is 14.5 Å². The number of rotatable bonds is 4. The molecule has 1 saturated heterocycles. The second kappa shape index (κ2) is 5.67. The molecule has 1 unspecified atom stereocenters. The first-order valence-corrected chi connectivity index (χ1v) is 6.39. The van der Waals surface area contributed by atoms with Gasteiger partial charge in [0.25, 0.3) is 5.91 Å². The molecule has 1 aromatic rings. The number of hydrogen-bond acceptors (Lipinski definition) is 3. The van der Waals surface area contributed by atoms with E-state index >= 15 is 0 Å². The summed E-state index contributed by atoms with van der Waals surface area (Å²) in [6.07, 6.45) is 5.03. The molecular weight excluding hydrogens is 270 g/mol. The summed E-state index contributed by atoms with van der Waals surface area (Å²) in [6, 6.07) is 8.28. The lowest BCUT2D eigenvalue weighted by atomic mass is 9.92. The maximum absolute atomic E-state index is 12.5. The van der Waals surface area contributed by atoms with Crippen molar-refractivity contribution in [3.05, 3.63) is 35.9 Å². The standard InChI is InChI=1S/C15H15N3O3/c1-3-9-16-12(19)10-18-13(20)15(2,17-14(18)21)11-7-5-4-6-8-11/h1,4-8H,9-10H2,2H3,(H,16,19)(H,17,21). The van der Waals surface area contributed by atoms with Crippen LogP contribution in [0.4, 0.5) is 4.79 Å². The Morgan fingerprint density at radius 2 is 2.05 bits per heavy atom. The molecule has 6 heteroatoms. The second-order valence-corrected chi connectivity index (χ2v) is 4.79. The number of nitrogens with one attached hydrogen (secondary N) is 2. The summed E-state index contributed by atoms with van der Waals surface area (Å²) in [6.45, 7) is 1.31. The minimum atomic E-state index is -1.16.